The van der Waals surface area contributed by atoms with Crippen molar-refractivity contribution in [1.82, 2.24) is 4.98 Å². The number of aromatic nitrogens is 1. The third kappa shape index (κ3) is 3.87. The van der Waals surface area contributed by atoms with Crippen LogP contribution in [0.2, 0.25) is 0 Å². The van der Waals surface area contributed by atoms with E-state index in [-0.39, 0.29) is 0 Å². The fraction of sp³-hybridized carbons (Fsp3) is 0.267. The highest BCUT2D eigenvalue weighted by Gasteiger charge is 2.12. The molecule has 1 aromatic carbocycles. The highest BCUT2D eigenvalue weighted by Crippen LogP contribution is 2.37. The van der Waals surface area contributed by atoms with Crippen molar-refractivity contribution in [3.05, 3.63) is 52.3 Å². The van der Waals surface area contributed by atoms with Gasteiger partial charge >= 0.3 is 0 Å². The summed E-state index contributed by atoms with van der Waals surface area (Å²) in [5.41, 5.74) is 2.04. The Bertz CT molecular complexity index is 563. The van der Waals surface area contributed by atoms with Gasteiger partial charge in [0.25, 0.3) is 0 Å². The van der Waals surface area contributed by atoms with E-state index in [2.05, 4.69) is 20.9 Å². The predicted molar refractivity (Wildman–Crippen MR) is 83.4 cm³/mol. The fourth-order valence-electron chi connectivity index (χ4n) is 1.74. The monoisotopic (exact) mass is 355 g/mol. The van der Waals surface area contributed by atoms with E-state index in [0.29, 0.717) is 30.6 Å². The zero-order chi connectivity index (χ0) is 14.4. The van der Waals surface area contributed by atoms with Gasteiger partial charge in [0.15, 0.2) is 11.5 Å². The van der Waals surface area contributed by atoms with E-state index in [9.17, 15) is 0 Å². The summed E-state index contributed by atoms with van der Waals surface area (Å²) in [5, 5.41) is 0. The van der Waals surface area contributed by atoms with Crippen LogP contribution in [0.3, 0.4) is 0 Å². The summed E-state index contributed by atoms with van der Waals surface area (Å²) in [4.78, 5) is 3.98. The normalized spacial score (nSPS) is 10.3. The zero-order valence-electron chi connectivity index (χ0n) is 11.1. The second kappa shape index (κ2) is 7.50. The second-order valence-electron chi connectivity index (χ2n) is 4.12. The van der Waals surface area contributed by atoms with Crippen LogP contribution < -0.4 is 9.47 Å². The van der Waals surface area contributed by atoms with E-state index in [1.54, 1.807) is 12.4 Å². The summed E-state index contributed by atoms with van der Waals surface area (Å²) in [6, 6.07) is 7.68. The van der Waals surface area contributed by atoms with Gasteiger partial charge in [-0.3, -0.25) is 4.98 Å². The Hall–Kier alpha value is -1.26. The molecule has 5 heteroatoms. The molecule has 0 spiro atoms. The minimum absolute atomic E-state index is 0.434. The summed E-state index contributed by atoms with van der Waals surface area (Å²) in [6.45, 7) is 2.97. The Morgan fingerprint density at radius 2 is 1.90 bits per heavy atom. The molecule has 20 heavy (non-hydrogen) atoms. The van der Waals surface area contributed by atoms with Gasteiger partial charge in [-0.15, -0.1) is 11.6 Å². The number of pyridine rings is 1. The van der Waals surface area contributed by atoms with E-state index in [1.165, 1.54) is 0 Å². The quantitative estimate of drug-likeness (QED) is 0.711. The van der Waals surface area contributed by atoms with E-state index >= 15 is 0 Å². The lowest BCUT2D eigenvalue weighted by atomic mass is 10.2. The van der Waals surface area contributed by atoms with Crippen LogP contribution in [-0.4, -0.2) is 11.6 Å². The molecule has 3 nitrogen and oxygen atoms in total. The Morgan fingerprint density at radius 1 is 1.15 bits per heavy atom. The van der Waals surface area contributed by atoms with E-state index in [1.807, 2.05) is 31.2 Å². The molecule has 0 radical (unpaired) electrons. The Labute approximate surface area is 132 Å². The number of benzene rings is 1. The number of alkyl halides is 1. The van der Waals surface area contributed by atoms with Crippen LogP contribution in [0.1, 0.15) is 18.1 Å². The minimum atomic E-state index is 0.434. The van der Waals surface area contributed by atoms with Gasteiger partial charge in [0.1, 0.15) is 6.61 Å². The Balaban J connectivity index is 2.21. The molecule has 0 aliphatic rings. The van der Waals surface area contributed by atoms with Crippen molar-refractivity contribution in [2.75, 3.05) is 6.61 Å². The number of halogens is 2. The topological polar surface area (TPSA) is 31.4 Å². The first-order chi connectivity index (χ1) is 9.74. The maximum atomic E-state index is 5.87. The summed E-state index contributed by atoms with van der Waals surface area (Å²) in [5.74, 6) is 1.83. The zero-order valence-corrected chi connectivity index (χ0v) is 13.4. The van der Waals surface area contributed by atoms with Gasteiger partial charge in [0, 0.05) is 18.3 Å². The number of rotatable bonds is 6. The average Bonchev–Trinajstić information content (AvgIpc) is 2.47. The van der Waals surface area contributed by atoms with Crippen molar-refractivity contribution in [1.29, 1.82) is 0 Å². The molecule has 0 saturated carbocycles. The third-order valence-corrected chi connectivity index (χ3v) is 3.55. The summed E-state index contributed by atoms with van der Waals surface area (Å²) < 4.78 is 12.3. The molecular formula is C15H15BrClNO2. The molecule has 1 heterocycles. The number of ether oxygens (including phenoxy) is 2. The molecule has 0 aliphatic heterocycles. The first-order valence-electron chi connectivity index (χ1n) is 6.27. The lowest BCUT2D eigenvalue weighted by molar-refractivity contribution is 0.267. The lowest BCUT2D eigenvalue weighted by Crippen LogP contribution is -2.01. The van der Waals surface area contributed by atoms with Crippen LogP contribution >= 0.6 is 27.5 Å². The summed E-state index contributed by atoms with van der Waals surface area (Å²) in [6.07, 6.45) is 3.49. The average molecular weight is 357 g/mol. The van der Waals surface area contributed by atoms with Crippen LogP contribution in [0.5, 0.6) is 11.5 Å². The SMILES string of the molecule is CCOc1cc(CCl)cc(Br)c1OCc1ccncc1. The second-order valence-corrected chi connectivity index (χ2v) is 5.24. The molecule has 0 amide bonds. The van der Waals surface area contributed by atoms with Crippen molar-refractivity contribution >= 4 is 27.5 Å². The molecule has 0 saturated heterocycles. The van der Waals surface area contributed by atoms with Crippen molar-refractivity contribution in [2.45, 2.75) is 19.4 Å². The van der Waals surface area contributed by atoms with Crippen LogP contribution in [-0.2, 0) is 12.5 Å². The highest BCUT2D eigenvalue weighted by molar-refractivity contribution is 9.10. The minimum Gasteiger partial charge on any atom is -0.490 e. The molecule has 0 aliphatic carbocycles. The fourth-order valence-corrected chi connectivity index (χ4v) is 2.49. The summed E-state index contributed by atoms with van der Waals surface area (Å²) >= 11 is 9.38. The van der Waals surface area contributed by atoms with Gasteiger partial charge in [-0.2, -0.15) is 0 Å². The molecule has 0 atom stereocenters. The molecule has 106 valence electrons. The van der Waals surface area contributed by atoms with Gasteiger partial charge in [0.05, 0.1) is 11.1 Å². The van der Waals surface area contributed by atoms with Crippen molar-refractivity contribution in [3.63, 3.8) is 0 Å². The first-order valence-corrected chi connectivity index (χ1v) is 7.60. The molecule has 1 aromatic heterocycles. The number of hydrogen-bond donors (Lipinski definition) is 0. The summed E-state index contributed by atoms with van der Waals surface area (Å²) in [7, 11) is 0. The van der Waals surface area contributed by atoms with Gasteiger partial charge < -0.3 is 9.47 Å². The molecular weight excluding hydrogens is 342 g/mol. The van der Waals surface area contributed by atoms with Crippen LogP contribution in [0.25, 0.3) is 0 Å². The first kappa shape index (κ1) is 15.1. The van der Waals surface area contributed by atoms with Crippen LogP contribution in [0, 0.1) is 0 Å². The third-order valence-electron chi connectivity index (χ3n) is 2.66. The number of nitrogens with zero attached hydrogens (tertiary/aromatic N) is 1. The molecule has 0 unspecified atom stereocenters. The number of hydrogen-bond acceptors (Lipinski definition) is 3. The molecule has 2 rings (SSSR count). The van der Waals surface area contributed by atoms with Crippen molar-refractivity contribution < 1.29 is 9.47 Å². The molecule has 2 aromatic rings. The van der Waals surface area contributed by atoms with Crippen LogP contribution in [0.15, 0.2) is 41.1 Å². The standard InChI is InChI=1S/C15H15BrClNO2/c1-2-19-14-8-12(9-17)7-13(16)15(14)20-10-11-3-5-18-6-4-11/h3-8H,2,9-10H2,1H3. The smallest absolute Gasteiger partial charge is 0.175 e. The van der Waals surface area contributed by atoms with Gasteiger partial charge in [-0.1, -0.05) is 0 Å². The predicted octanol–water partition coefficient (Wildman–Crippen LogP) is 4.56. The maximum Gasteiger partial charge on any atom is 0.175 e. The van der Waals surface area contributed by atoms with Gasteiger partial charge in [-0.05, 0) is 58.2 Å². The van der Waals surface area contributed by atoms with E-state index in [0.717, 1.165) is 15.6 Å². The van der Waals surface area contributed by atoms with Gasteiger partial charge in [0.2, 0.25) is 0 Å². The van der Waals surface area contributed by atoms with E-state index in [4.69, 9.17) is 21.1 Å². The highest BCUT2D eigenvalue weighted by atomic mass is 79.9. The Kier molecular flexibility index (Phi) is 5.68. The molecule has 0 fully saturated rings. The maximum absolute atomic E-state index is 5.87. The van der Waals surface area contributed by atoms with E-state index < -0.39 is 0 Å². The van der Waals surface area contributed by atoms with Crippen LogP contribution in [0.4, 0.5) is 0 Å². The Morgan fingerprint density at radius 3 is 2.55 bits per heavy atom. The lowest BCUT2D eigenvalue weighted by Gasteiger charge is -2.15. The largest absolute Gasteiger partial charge is 0.490 e. The molecule has 0 bridgehead atoms. The van der Waals surface area contributed by atoms with Crippen molar-refractivity contribution in [3.8, 4) is 11.5 Å². The van der Waals surface area contributed by atoms with Gasteiger partial charge in [-0.25, -0.2) is 0 Å². The van der Waals surface area contributed by atoms with Crippen molar-refractivity contribution in [2.24, 2.45) is 0 Å². The molecule has 0 N–H and O–H groups in total.